The van der Waals surface area contributed by atoms with Crippen molar-refractivity contribution in [1.29, 1.82) is 0 Å². The molecule has 1 aromatic heterocycles. The Hall–Kier alpha value is -2.53. The summed E-state index contributed by atoms with van der Waals surface area (Å²) in [4.78, 5) is 14.2. The molecule has 23 heavy (non-hydrogen) atoms. The van der Waals surface area contributed by atoms with Gasteiger partial charge in [-0.2, -0.15) is 28.1 Å². The number of hydrogen-bond donors (Lipinski definition) is 3. The molecule has 0 fully saturated rings. The number of H-pyrrole nitrogens is 1. The van der Waals surface area contributed by atoms with Crippen LogP contribution >= 0.6 is 0 Å². The molecule has 0 bridgehead atoms. The largest absolute Gasteiger partial charge is 0.464 e. The molecule has 0 aliphatic carbocycles. The number of aromatic amines is 1. The van der Waals surface area contributed by atoms with Crippen molar-refractivity contribution in [2.24, 2.45) is 0 Å². The van der Waals surface area contributed by atoms with Crippen molar-refractivity contribution >= 4 is 11.7 Å². The number of hydrogen-bond acceptors (Lipinski definition) is 5. The quantitative estimate of drug-likeness (QED) is 0.327. The van der Waals surface area contributed by atoms with Gasteiger partial charge in [0.15, 0.2) is 11.5 Å². The number of esters is 1. The average Bonchev–Trinajstić information content (AvgIpc) is 3.04. The molecule has 0 saturated heterocycles. The number of ether oxygens (including phenoxy) is 1. The van der Waals surface area contributed by atoms with E-state index in [2.05, 4.69) is 14.8 Å². The second kappa shape index (κ2) is 5.93. The van der Waals surface area contributed by atoms with Gasteiger partial charge >= 0.3 is 17.8 Å². The number of nitrogens with two attached hydrogens (primary N) is 1. The number of nitrogens with zero attached hydrogens (tertiary/aromatic N) is 2. The Kier molecular flexibility index (Phi) is 4.34. The molecule has 4 N–H and O–H groups in total. The number of alkyl halides is 4. The van der Waals surface area contributed by atoms with Crippen LogP contribution < -0.4 is 5.48 Å². The SMILES string of the molecule is COC(=O)C(F)(F)C(F)(F)c1nc(-c2ccc([NH2+]O)cc2)n[nH]1. The third-order valence-corrected chi connectivity index (χ3v) is 2.94. The summed E-state index contributed by atoms with van der Waals surface area (Å²) in [5.41, 5.74) is 1.50. The maximum absolute atomic E-state index is 13.8. The summed E-state index contributed by atoms with van der Waals surface area (Å²) in [6, 6.07) is 5.66. The van der Waals surface area contributed by atoms with Gasteiger partial charge < -0.3 is 4.74 Å². The minimum atomic E-state index is -5.10. The third-order valence-electron chi connectivity index (χ3n) is 2.94. The Bertz CT molecular complexity index is 703. The maximum atomic E-state index is 13.8. The Morgan fingerprint density at radius 1 is 1.26 bits per heavy atom. The highest BCUT2D eigenvalue weighted by atomic mass is 19.3. The smallest absolute Gasteiger partial charge is 0.412 e. The van der Waals surface area contributed by atoms with Crippen molar-refractivity contribution in [3.8, 4) is 11.4 Å². The minimum Gasteiger partial charge on any atom is -0.464 e. The van der Waals surface area contributed by atoms with Gasteiger partial charge in [0.1, 0.15) is 0 Å². The van der Waals surface area contributed by atoms with Crippen LogP contribution in [0.25, 0.3) is 11.4 Å². The molecule has 0 spiro atoms. The predicted molar refractivity (Wildman–Crippen MR) is 66.0 cm³/mol. The van der Waals surface area contributed by atoms with E-state index in [1.807, 2.05) is 0 Å². The molecule has 11 heteroatoms. The van der Waals surface area contributed by atoms with Gasteiger partial charge in [-0.1, -0.05) is 0 Å². The van der Waals surface area contributed by atoms with E-state index in [0.29, 0.717) is 12.8 Å². The first-order valence-corrected chi connectivity index (χ1v) is 6.09. The van der Waals surface area contributed by atoms with Gasteiger partial charge in [-0.25, -0.2) is 15.0 Å². The fourth-order valence-electron chi connectivity index (χ4n) is 1.65. The van der Waals surface area contributed by atoms with Gasteiger partial charge in [0.2, 0.25) is 5.82 Å². The molecule has 1 aromatic carbocycles. The van der Waals surface area contributed by atoms with E-state index in [-0.39, 0.29) is 11.4 Å². The standard InChI is InChI=1S/C12H10F4N4O3/c1-23-10(21)12(15,16)11(13,14)9-17-8(18-19-9)6-2-4-7(20-22)5-3-6/h2-5,20,22H,1H3,(H,17,18,19)/p+1. The molecule has 2 rings (SSSR count). The Balaban J connectivity index is 2.35. The number of rotatable bonds is 5. The van der Waals surface area contributed by atoms with Crippen LogP contribution in [0.5, 0.6) is 0 Å². The van der Waals surface area contributed by atoms with Crippen molar-refractivity contribution in [3.63, 3.8) is 0 Å². The second-order valence-electron chi connectivity index (χ2n) is 4.40. The molecule has 0 aliphatic rings. The van der Waals surface area contributed by atoms with Gasteiger partial charge in [0.25, 0.3) is 0 Å². The first kappa shape index (κ1) is 16.8. The van der Waals surface area contributed by atoms with Gasteiger partial charge in [-0.3, -0.25) is 5.10 Å². The topological polar surface area (TPSA) is 105 Å². The average molecular weight is 335 g/mol. The third kappa shape index (κ3) is 2.87. The van der Waals surface area contributed by atoms with Crippen LogP contribution in [0.3, 0.4) is 0 Å². The molecule has 124 valence electrons. The van der Waals surface area contributed by atoms with Crippen LogP contribution in [0, 0.1) is 0 Å². The zero-order chi connectivity index (χ0) is 17.3. The second-order valence-corrected chi connectivity index (χ2v) is 4.40. The van der Waals surface area contributed by atoms with Gasteiger partial charge in [0, 0.05) is 17.7 Å². The Morgan fingerprint density at radius 2 is 1.87 bits per heavy atom. The highest BCUT2D eigenvalue weighted by Crippen LogP contribution is 2.42. The van der Waals surface area contributed by atoms with Crippen LogP contribution in [-0.4, -0.2) is 39.4 Å². The molecule has 0 atom stereocenters. The monoisotopic (exact) mass is 335 g/mol. The van der Waals surface area contributed by atoms with E-state index in [0.717, 1.165) is 5.48 Å². The molecular weight excluding hydrogens is 324 g/mol. The van der Waals surface area contributed by atoms with Gasteiger partial charge in [0.05, 0.1) is 7.11 Å². The lowest BCUT2D eigenvalue weighted by molar-refractivity contribution is -0.825. The lowest BCUT2D eigenvalue weighted by Gasteiger charge is -2.21. The number of quaternary nitrogens is 1. The number of carbonyl (C=O) groups is 1. The van der Waals surface area contributed by atoms with Crippen molar-refractivity contribution in [1.82, 2.24) is 15.2 Å². The van der Waals surface area contributed by atoms with E-state index in [9.17, 15) is 22.4 Å². The fraction of sp³-hybridized carbons (Fsp3) is 0.250. The number of aromatic nitrogens is 3. The normalized spacial score (nSPS) is 12.3. The number of benzene rings is 1. The van der Waals surface area contributed by atoms with Crippen LogP contribution in [0.15, 0.2) is 24.3 Å². The predicted octanol–water partition coefficient (Wildman–Crippen LogP) is 0.956. The van der Waals surface area contributed by atoms with E-state index in [4.69, 9.17) is 5.21 Å². The molecule has 1 heterocycles. The first-order valence-electron chi connectivity index (χ1n) is 6.09. The van der Waals surface area contributed by atoms with Crippen LogP contribution in [0.1, 0.15) is 5.82 Å². The molecular formula is C12H11F4N4O3+. The zero-order valence-corrected chi connectivity index (χ0v) is 11.6. The van der Waals surface area contributed by atoms with E-state index < -0.39 is 23.6 Å². The van der Waals surface area contributed by atoms with Crippen molar-refractivity contribution < 1.29 is 37.8 Å². The maximum Gasteiger partial charge on any atom is 0.412 e. The molecule has 0 radical (unpaired) electrons. The van der Waals surface area contributed by atoms with Crippen LogP contribution in [-0.2, 0) is 15.5 Å². The van der Waals surface area contributed by atoms with Gasteiger partial charge in [-0.15, -0.1) is 0 Å². The van der Waals surface area contributed by atoms with E-state index in [1.54, 1.807) is 5.10 Å². The lowest BCUT2D eigenvalue weighted by Crippen LogP contribution is -2.73. The lowest BCUT2D eigenvalue weighted by atomic mass is 10.1. The van der Waals surface area contributed by atoms with Crippen molar-refractivity contribution in [3.05, 3.63) is 30.1 Å². The Morgan fingerprint density at radius 3 is 2.39 bits per heavy atom. The summed E-state index contributed by atoms with van der Waals surface area (Å²) in [5.74, 6) is -14.2. The van der Waals surface area contributed by atoms with Crippen LogP contribution in [0.2, 0.25) is 0 Å². The molecule has 0 unspecified atom stereocenters. The number of nitrogens with one attached hydrogen (secondary N) is 1. The van der Waals surface area contributed by atoms with Crippen molar-refractivity contribution in [2.75, 3.05) is 7.11 Å². The highest BCUT2D eigenvalue weighted by Gasteiger charge is 2.66. The summed E-state index contributed by atoms with van der Waals surface area (Å²) in [5, 5.41) is 13.9. The molecule has 0 saturated carbocycles. The summed E-state index contributed by atoms with van der Waals surface area (Å²) in [6.07, 6.45) is 0. The Labute approximate surface area is 126 Å². The number of carbonyl (C=O) groups excluding carboxylic acids is 1. The molecule has 0 amide bonds. The van der Waals surface area contributed by atoms with E-state index >= 15 is 0 Å². The molecule has 2 aromatic rings. The van der Waals surface area contributed by atoms with E-state index in [1.165, 1.54) is 24.3 Å². The summed E-state index contributed by atoms with van der Waals surface area (Å²) in [7, 11) is 0.567. The van der Waals surface area contributed by atoms with Gasteiger partial charge in [-0.05, 0) is 12.1 Å². The first-order chi connectivity index (χ1) is 10.7. The summed E-state index contributed by atoms with van der Waals surface area (Å²) in [6.45, 7) is 0. The summed E-state index contributed by atoms with van der Waals surface area (Å²) >= 11 is 0. The fourth-order valence-corrected chi connectivity index (χ4v) is 1.65. The minimum absolute atomic E-state index is 0.246. The number of halogens is 4. The molecule has 0 aliphatic heterocycles. The highest BCUT2D eigenvalue weighted by molar-refractivity contribution is 5.79. The number of methoxy groups -OCH3 is 1. The van der Waals surface area contributed by atoms with Crippen LogP contribution in [0.4, 0.5) is 23.2 Å². The molecule has 7 nitrogen and oxygen atoms in total. The zero-order valence-electron chi connectivity index (χ0n) is 11.6. The summed E-state index contributed by atoms with van der Waals surface area (Å²) < 4.78 is 58.2. The van der Waals surface area contributed by atoms with Crippen molar-refractivity contribution in [2.45, 2.75) is 11.8 Å².